The summed E-state index contributed by atoms with van der Waals surface area (Å²) in [5.41, 5.74) is -0.112. The summed E-state index contributed by atoms with van der Waals surface area (Å²) in [5, 5.41) is 3.41. The Morgan fingerprint density at radius 3 is 2.46 bits per heavy atom. The van der Waals surface area contributed by atoms with Crippen LogP contribution in [0.3, 0.4) is 0 Å². The molecular weight excluding hydrogens is 162 g/mol. The summed E-state index contributed by atoms with van der Waals surface area (Å²) >= 11 is 0. The van der Waals surface area contributed by atoms with E-state index in [1.807, 2.05) is 13.0 Å². The van der Waals surface area contributed by atoms with Crippen molar-refractivity contribution in [1.82, 2.24) is 5.32 Å². The van der Waals surface area contributed by atoms with E-state index in [9.17, 15) is 0 Å². The molecule has 0 aromatic carbocycles. The summed E-state index contributed by atoms with van der Waals surface area (Å²) in [6.07, 6.45) is 2.88. The number of rotatable bonds is 7. The Labute approximate surface area is 82.4 Å². The van der Waals surface area contributed by atoms with Gasteiger partial charge in [-0.1, -0.05) is 13.0 Å². The Bertz CT molecular complexity index is 143. The lowest BCUT2D eigenvalue weighted by Gasteiger charge is -2.34. The van der Waals surface area contributed by atoms with Crippen molar-refractivity contribution in [2.75, 3.05) is 13.2 Å². The fraction of sp³-hybridized carbons (Fsp3) is 0.818. The number of hydrogen-bond acceptors (Lipinski definition) is 2. The van der Waals surface area contributed by atoms with Crippen LogP contribution in [0.15, 0.2) is 12.7 Å². The van der Waals surface area contributed by atoms with Gasteiger partial charge in [-0.15, -0.1) is 6.58 Å². The van der Waals surface area contributed by atoms with Crippen LogP contribution in [-0.4, -0.2) is 24.8 Å². The fourth-order valence-electron chi connectivity index (χ4n) is 1.50. The van der Waals surface area contributed by atoms with Crippen molar-refractivity contribution in [1.29, 1.82) is 0 Å². The molecule has 0 heterocycles. The quantitative estimate of drug-likeness (QED) is 0.615. The second kappa shape index (κ2) is 6.17. The summed E-state index contributed by atoms with van der Waals surface area (Å²) < 4.78 is 5.69. The van der Waals surface area contributed by atoms with Crippen molar-refractivity contribution in [2.24, 2.45) is 0 Å². The van der Waals surface area contributed by atoms with Crippen LogP contribution < -0.4 is 5.32 Å². The normalized spacial score (nSPS) is 14.2. The Morgan fingerprint density at radius 2 is 2.08 bits per heavy atom. The molecule has 1 unspecified atom stereocenters. The van der Waals surface area contributed by atoms with Crippen LogP contribution in [0.5, 0.6) is 0 Å². The molecule has 0 spiro atoms. The van der Waals surface area contributed by atoms with E-state index in [4.69, 9.17) is 4.74 Å². The van der Waals surface area contributed by atoms with Gasteiger partial charge in [0.05, 0.1) is 5.60 Å². The minimum atomic E-state index is -0.112. The van der Waals surface area contributed by atoms with Gasteiger partial charge in [-0.05, 0) is 33.7 Å². The predicted octanol–water partition coefficient (Wildman–Crippen LogP) is 2.36. The average Bonchev–Trinajstić information content (AvgIpc) is 2.04. The van der Waals surface area contributed by atoms with Gasteiger partial charge in [-0.25, -0.2) is 0 Å². The highest BCUT2D eigenvalue weighted by Gasteiger charge is 2.27. The average molecular weight is 185 g/mol. The maximum atomic E-state index is 5.69. The van der Waals surface area contributed by atoms with E-state index in [1.54, 1.807) is 0 Å². The molecule has 0 aromatic rings. The molecule has 2 nitrogen and oxygen atoms in total. The second-order valence-electron chi connectivity index (χ2n) is 3.67. The summed E-state index contributed by atoms with van der Waals surface area (Å²) in [7, 11) is 0. The van der Waals surface area contributed by atoms with Gasteiger partial charge in [0.25, 0.3) is 0 Å². The summed E-state index contributed by atoms with van der Waals surface area (Å²) in [6, 6.07) is 0.356. The number of nitrogens with one attached hydrogen (secondary N) is 1. The molecule has 78 valence electrons. The highest BCUT2D eigenvalue weighted by atomic mass is 16.5. The number of hydrogen-bond donors (Lipinski definition) is 1. The molecule has 0 aliphatic heterocycles. The lowest BCUT2D eigenvalue weighted by atomic mass is 9.95. The lowest BCUT2D eigenvalue weighted by Crippen LogP contribution is -2.48. The van der Waals surface area contributed by atoms with E-state index in [0.717, 1.165) is 19.6 Å². The second-order valence-corrected chi connectivity index (χ2v) is 3.67. The maximum absolute atomic E-state index is 5.69. The molecule has 0 saturated carbocycles. The van der Waals surface area contributed by atoms with Gasteiger partial charge in [0, 0.05) is 12.6 Å². The van der Waals surface area contributed by atoms with Crippen LogP contribution in [0.2, 0.25) is 0 Å². The van der Waals surface area contributed by atoms with Crippen molar-refractivity contribution in [3.05, 3.63) is 12.7 Å². The van der Waals surface area contributed by atoms with Crippen molar-refractivity contribution in [3.8, 4) is 0 Å². The standard InChI is InChI=1S/C11H23NO/c1-6-9-10(12-7-2)11(4,5)13-8-3/h6,10,12H,1,7-9H2,2-5H3. The zero-order valence-corrected chi connectivity index (χ0v) is 9.39. The Morgan fingerprint density at radius 1 is 1.46 bits per heavy atom. The van der Waals surface area contributed by atoms with Gasteiger partial charge in [-0.3, -0.25) is 0 Å². The summed E-state index contributed by atoms with van der Waals surface area (Å²) in [5.74, 6) is 0. The molecule has 1 N–H and O–H groups in total. The third kappa shape index (κ3) is 4.44. The molecule has 0 amide bonds. The van der Waals surface area contributed by atoms with Gasteiger partial charge < -0.3 is 10.1 Å². The summed E-state index contributed by atoms with van der Waals surface area (Å²) in [6.45, 7) is 13.9. The molecule has 0 bridgehead atoms. The van der Waals surface area contributed by atoms with Crippen molar-refractivity contribution >= 4 is 0 Å². The third-order valence-electron chi connectivity index (χ3n) is 2.21. The molecule has 0 rings (SSSR count). The van der Waals surface area contributed by atoms with Crippen molar-refractivity contribution in [2.45, 2.75) is 45.8 Å². The van der Waals surface area contributed by atoms with E-state index in [0.29, 0.717) is 6.04 Å². The first kappa shape index (κ1) is 12.7. The molecule has 1 atom stereocenters. The Kier molecular flexibility index (Phi) is 6.00. The van der Waals surface area contributed by atoms with Gasteiger partial charge in [0.1, 0.15) is 0 Å². The monoisotopic (exact) mass is 185 g/mol. The zero-order chi connectivity index (χ0) is 10.3. The highest BCUT2D eigenvalue weighted by molar-refractivity contribution is 4.90. The van der Waals surface area contributed by atoms with Crippen LogP contribution in [-0.2, 0) is 4.74 Å². The number of likely N-dealkylation sites (N-methyl/N-ethyl adjacent to an activating group) is 1. The van der Waals surface area contributed by atoms with Crippen LogP contribution in [0.4, 0.5) is 0 Å². The van der Waals surface area contributed by atoms with Crippen LogP contribution >= 0.6 is 0 Å². The molecule has 0 aliphatic rings. The fourth-order valence-corrected chi connectivity index (χ4v) is 1.50. The van der Waals surface area contributed by atoms with E-state index in [1.165, 1.54) is 0 Å². The molecule has 0 aliphatic carbocycles. The molecule has 0 radical (unpaired) electrons. The first-order valence-electron chi connectivity index (χ1n) is 5.06. The smallest absolute Gasteiger partial charge is 0.0781 e. The zero-order valence-electron chi connectivity index (χ0n) is 9.39. The van der Waals surface area contributed by atoms with Crippen LogP contribution in [0, 0.1) is 0 Å². The predicted molar refractivity (Wildman–Crippen MR) is 58.0 cm³/mol. The molecule has 0 aromatic heterocycles. The van der Waals surface area contributed by atoms with Crippen LogP contribution in [0.1, 0.15) is 34.1 Å². The van der Waals surface area contributed by atoms with Gasteiger partial charge in [-0.2, -0.15) is 0 Å². The van der Waals surface area contributed by atoms with E-state index in [-0.39, 0.29) is 5.60 Å². The van der Waals surface area contributed by atoms with E-state index in [2.05, 4.69) is 32.7 Å². The van der Waals surface area contributed by atoms with Crippen molar-refractivity contribution in [3.63, 3.8) is 0 Å². The van der Waals surface area contributed by atoms with Gasteiger partial charge >= 0.3 is 0 Å². The van der Waals surface area contributed by atoms with E-state index < -0.39 is 0 Å². The van der Waals surface area contributed by atoms with Gasteiger partial charge in [0.2, 0.25) is 0 Å². The Hall–Kier alpha value is -0.340. The number of ether oxygens (including phenoxy) is 1. The minimum absolute atomic E-state index is 0.112. The molecular formula is C11H23NO. The van der Waals surface area contributed by atoms with Gasteiger partial charge in [0.15, 0.2) is 0 Å². The third-order valence-corrected chi connectivity index (χ3v) is 2.21. The largest absolute Gasteiger partial charge is 0.374 e. The van der Waals surface area contributed by atoms with E-state index >= 15 is 0 Å². The van der Waals surface area contributed by atoms with Crippen LogP contribution in [0.25, 0.3) is 0 Å². The van der Waals surface area contributed by atoms with Crippen molar-refractivity contribution < 1.29 is 4.74 Å². The minimum Gasteiger partial charge on any atom is -0.374 e. The first-order chi connectivity index (χ1) is 6.08. The highest BCUT2D eigenvalue weighted by Crippen LogP contribution is 2.17. The topological polar surface area (TPSA) is 21.3 Å². The first-order valence-corrected chi connectivity index (χ1v) is 5.06. The SMILES string of the molecule is C=CCC(NCC)C(C)(C)OCC. The maximum Gasteiger partial charge on any atom is 0.0781 e. The summed E-state index contributed by atoms with van der Waals surface area (Å²) in [4.78, 5) is 0. The Balaban J connectivity index is 4.21. The molecule has 13 heavy (non-hydrogen) atoms. The molecule has 2 heteroatoms. The lowest BCUT2D eigenvalue weighted by molar-refractivity contribution is -0.0370. The molecule has 0 fully saturated rings. The molecule has 0 saturated heterocycles.